The largest absolute Gasteiger partial charge is 0.383 e. The molecule has 0 atom stereocenters. The highest BCUT2D eigenvalue weighted by Crippen LogP contribution is 2.38. The van der Waals surface area contributed by atoms with Crippen molar-refractivity contribution in [1.29, 1.82) is 0 Å². The number of carbonyl (C=O) groups excluding carboxylic acids is 1. The number of benzene rings is 1. The smallest absolute Gasteiger partial charge is 0.233 e. The minimum Gasteiger partial charge on any atom is -0.383 e. The van der Waals surface area contributed by atoms with E-state index in [4.69, 9.17) is 10.7 Å². The standard InChI is InChI=1S/C22H24FN5OS2/c23-14-5-7-15(8-6-14)27-9-11-28(12-10-27)18(29)13-30-22-25-20(24)19-16-3-1-2-4-17(16)31-21(19)26-22/h5-8H,1-4,9-13H2,(H2,24,25,26). The summed E-state index contributed by atoms with van der Waals surface area (Å²) in [6.07, 6.45) is 4.56. The fourth-order valence-electron chi connectivity index (χ4n) is 4.31. The molecule has 1 saturated heterocycles. The van der Waals surface area contributed by atoms with Gasteiger partial charge in [0.05, 0.1) is 11.1 Å². The van der Waals surface area contributed by atoms with Gasteiger partial charge in [-0.1, -0.05) is 11.8 Å². The van der Waals surface area contributed by atoms with Crippen molar-refractivity contribution in [1.82, 2.24) is 14.9 Å². The Balaban J connectivity index is 1.20. The molecule has 3 aromatic rings. The zero-order chi connectivity index (χ0) is 21.4. The minimum atomic E-state index is -0.238. The number of hydrogen-bond donors (Lipinski definition) is 1. The highest BCUT2D eigenvalue weighted by Gasteiger charge is 2.23. The molecule has 0 radical (unpaired) electrons. The molecule has 0 saturated carbocycles. The third kappa shape index (κ3) is 4.21. The van der Waals surface area contributed by atoms with E-state index in [0.29, 0.717) is 29.8 Å². The zero-order valence-electron chi connectivity index (χ0n) is 17.1. The molecule has 6 nitrogen and oxygen atoms in total. The molecule has 2 aliphatic rings. The van der Waals surface area contributed by atoms with E-state index in [1.807, 2.05) is 4.90 Å². The average Bonchev–Trinajstić information content (AvgIpc) is 3.17. The van der Waals surface area contributed by atoms with E-state index in [1.165, 1.54) is 47.2 Å². The third-order valence-corrected chi connectivity index (χ3v) is 7.99. The molecule has 31 heavy (non-hydrogen) atoms. The lowest BCUT2D eigenvalue weighted by Crippen LogP contribution is -2.49. The number of thiophene rings is 1. The fraction of sp³-hybridized carbons (Fsp3) is 0.409. The molecular weight excluding hydrogens is 433 g/mol. The van der Waals surface area contributed by atoms with Crippen molar-refractivity contribution in [2.24, 2.45) is 0 Å². The minimum absolute atomic E-state index is 0.0801. The molecule has 2 aromatic heterocycles. The maximum Gasteiger partial charge on any atom is 0.233 e. The van der Waals surface area contributed by atoms with Gasteiger partial charge in [-0.25, -0.2) is 14.4 Å². The number of rotatable bonds is 4. The summed E-state index contributed by atoms with van der Waals surface area (Å²) >= 11 is 3.07. The molecule has 2 N–H and O–H groups in total. The number of aromatic nitrogens is 2. The first-order chi connectivity index (χ1) is 15.1. The number of piperazine rings is 1. The van der Waals surface area contributed by atoms with Gasteiger partial charge in [0, 0.05) is 36.7 Å². The predicted molar refractivity (Wildman–Crippen MR) is 124 cm³/mol. The Labute approximate surface area is 188 Å². The van der Waals surface area contributed by atoms with Crippen molar-refractivity contribution in [3.8, 4) is 0 Å². The van der Waals surface area contributed by atoms with Gasteiger partial charge in [-0.2, -0.15) is 0 Å². The molecule has 1 aliphatic heterocycles. The van der Waals surface area contributed by atoms with Gasteiger partial charge in [0.15, 0.2) is 5.16 Å². The number of anilines is 2. The Bertz CT molecular complexity index is 1110. The molecule has 5 rings (SSSR count). The van der Waals surface area contributed by atoms with E-state index < -0.39 is 0 Å². The van der Waals surface area contributed by atoms with Crippen molar-refractivity contribution in [3.05, 3.63) is 40.5 Å². The van der Waals surface area contributed by atoms with E-state index in [-0.39, 0.29) is 11.7 Å². The maximum atomic E-state index is 13.1. The number of thioether (sulfide) groups is 1. The Hall–Kier alpha value is -2.39. The van der Waals surface area contributed by atoms with Crippen LogP contribution in [0.15, 0.2) is 29.4 Å². The number of amides is 1. The van der Waals surface area contributed by atoms with Crippen LogP contribution in [0.4, 0.5) is 15.9 Å². The van der Waals surface area contributed by atoms with E-state index in [2.05, 4.69) is 9.88 Å². The number of halogens is 1. The molecule has 1 aliphatic carbocycles. The van der Waals surface area contributed by atoms with Crippen LogP contribution in [0, 0.1) is 5.82 Å². The van der Waals surface area contributed by atoms with Crippen molar-refractivity contribution >= 4 is 50.7 Å². The summed E-state index contributed by atoms with van der Waals surface area (Å²) in [6.45, 7) is 2.77. The van der Waals surface area contributed by atoms with Crippen LogP contribution in [0.2, 0.25) is 0 Å². The number of nitrogen functional groups attached to an aromatic ring is 1. The van der Waals surface area contributed by atoms with Gasteiger partial charge in [0.1, 0.15) is 16.5 Å². The van der Waals surface area contributed by atoms with Gasteiger partial charge < -0.3 is 15.5 Å². The lowest BCUT2D eigenvalue weighted by molar-refractivity contribution is -0.128. The first-order valence-corrected chi connectivity index (χ1v) is 12.4. The molecule has 0 bridgehead atoms. The molecular formula is C22H24FN5OS2. The predicted octanol–water partition coefficient (Wildman–Crippen LogP) is 3.73. The van der Waals surface area contributed by atoms with Gasteiger partial charge in [0.25, 0.3) is 0 Å². The fourth-order valence-corrected chi connectivity index (χ4v) is 6.39. The summed E-state index contributed by atoms with van der Waals surface area (Å²) < 4.78 is 13.1. The second-order valence-corrected chi connectivity index (χ2v) is 9.94. The number of carbonyl (C=O) groups is 1. The first kappa shape index (κ1) is 20.5. The van der Waals surface area contributed by atoms with Gasteiger partial charge in [-0.3, -0.25) is 4.79 Å². The van der Waals surface area contributed by atoms with Crippen LogP contribution in [-0.4, -0.2) is 52.7 Å². The highest BCUT2D eigenvalue weighted by molar-refractivity contribution is 7.99. The van der Waals surface area contributed by atoms with Crippen molar-refractivity contribution in [2.45, 2.75) is 30.8 Å². The molecule has 1 amide bonds. The topological polar surface area (TPSA) is 75.3 Å². The Morgan fingerprint density at radius 1 is 1.10 bits per heavy atom. The lowest BCUT2D eigenvalue weighted by Gasteiger charge is -2.36. The number of aryl methyl sites for hydroxylation is 2. The van der Waals surface area contributed by atoms with Crippen LogP contribution in [0.1, 0.15) is 23.3 Å². The summed E-state index contributed by atoms with van der Waals surface area (Å²) in [5, 5.41) is 1.59. The normalized spacial score (nSPS) is 16.5. The summed E-state index contributed by atoms with van der Waals surface area (Å²) in [6, 6.07) is 6.50. The van der Waals surface area contributed by atoms with E-state index in [9.17, 15) is 9.18 Å². The van der Waals surface area contributed by atoms with Gasteiger partial charge >= 0.3 is 0 Å². The summed E-state index contributed by atoms with van der Waals surface area (Å²) in [4.78, 5) is 28.3. The Kier molecular flexibility index (Phi) is 5.71. The molecule has 162 valence electrons. The van der Waals surface area contributed by atoms with Gasteiger partial charge in [0.2, 0.25) is 5.91 Å². The van der Waals surface area contributed by atoms with Crippen LogP contribution in [0.3, 0.4) is 0 Å². The number of nitrogens with two attached hydrogens (primary N) is 1. The van der Waals surface area contributed by atoms with Crippen LogP contribution < -0.4 is 10.6 Å². The van der Waals surface area contributed by atoms with Crippen LogP contribution >= 0.6 is 23.1 Å². The molecule has 1 fully saturated rings. The molecule has 9 heteroatoms. The molecule has 0 unspecified atom stereocenters. The number of nitrogens with zero attached hydrogens (tertiary/aromatic N) is 4. The average molecular weight is 458 g/mol. The number of fused-ring (bicyclic) bond motifs is 3. The Morgan fingerprint density at radius 3 is 2.61 bits per heavy atom. The van der Waals surface area contributed by atoms with E-state index in [0.717, 1.165) is 41.8 Å². The highest BCUT2D eigenvalue weighted by atomic mass is 32.2. The van der Waals surface area contributed by atoms with E-state index >= 15 is 0 Å². The van der Waals surface area contributed by atoms with Crippen molar-refractivity contribution in [3.63, 3.8) is 0 Å². The third-order valence-electron chi connectivity index (χ3n) is 5.97. The Morgan fingerprint density at radius 2 is 1.84 bits per heavy atom. The molecule has 0 spiro atoms. The second kappa shape index (κ2) is 8.63. The summed E-state index contributed by atoms with van der Waals surface area (Å²) in [5.41, 5.74) is 8.59. The van der Waals surface area contributed by atoms with Gasteiger partial charge in [-0.15, -0.1) is 11.3 Å². The van der Waals surface area contributed by atoms with Gasteiger partial charge in [-0.05, 0) is 55.5 Å². The summed E-state index contributed by atoms with van der Waals surface area (Å²) in [5.74, 6) is 0.675. The van der Waals surface area contributed by atoms with Crippen molar-refractivity contribution in [2.75, 3.05) is 42.6 Å². The molecule has 1 aromatic carbocycles. The van der Waals surface area contributed by atoms with Crippen LogP contribution in [0.25, 0.3) is 10.2 Å². The SMILES string of the molecule is Nc1nc(SCC(=O)N2CCN(c3ccc(F)cc3)CC2)nc2sc3c(c12)CCCC3. The van der Waals surface area contributed by atoms with Crippen molar-refractivity contribution < 1.29 is 9.18 Å². The second-order valence-electron chi connectivity index (χ2n) is 7.92. The quantitative estimate of drug-likeness (QED) is 0.475. The zero-order valence-corrected chi connectivity index (χ0v) is 18.8. The first-order valence-electron chi connectivity index (χ1n) is 10.6. The number of hydrogen-bond acceptors (Lipinski definition) is 7. The maximum absolute atomic E-state index is 13.1. The van der Waals surface area contributed by atoms with Crippen LogP contribution in [-0.2, 0) is 17.6 Å². The summed E-state index contributed by atoms with van der Waals surface area (Å²) in [7, 11) is 0. The van der Waals surface area contributed by atoms with E-state index in [1.54, 1.807) is 23.5 Å². The molecule has 3 heterocycles. The lowest BCUT2D eigenvalue weighted by atomic mass is 9.97. The van der Waals surface area contributed by atoms with Crippen LogP contribution in [0.5, 0.6) is 0 Å². The monoisotopic (exact) mass is 457 g/mol.